The molecule has 0 unspecified atom stereocenters. The molecule has 0 aromatic carbocycles. The fraction of sp³-hybridized carbons (Fsp3) is 0.692. The van der Waals surface area contributed by atoms with Crippen LogP contribution < -0.4 is 10.0 Å². The molecule has 0 bridgehead atoms. The van der Waals surface area contributed by atoms with Crippen LogP contribution >= 0.6 is 11.3 Å². The Balaban J connectivity index is 1.77. The molecule has 20 heavy (non-hydrogen) atoms. The molecule has 1 aliphatic rings. The van der Waals surface area contributed by atoms with Crippen LogP contribution in [0.1, 0.15) is 24.1 Å². The van der Waals surface area contributed by atoms with Gasteiger partial charge in [0.1, 0.15) is 0 Å². The first-order valence-corrected chi connectivity index (χ1v) is 9.42. The van der Waals surface area contributed by atoms with Crippen LogP contribution in [0.4, 0.5) is 0 Å². The molecule has 7 heteroatoms. The number of hydrogen-bond donors (Lipinski definition) is 2. The number of thiophene rings is 1. The fourth-order valence-corrected chi connectivity index (χ4v) is 4.73. The zero-order valence-corrected chi connectivity index (χ0v) is 13.5. The van der Waals surface area contributed by atoms with Gasteiger partial charge in [-0.3, -0.25) is 0 Å². The van der Waals surface area contributed by atoms with Gasteiger partial charge in [0.05, 0.1) is 4.90 Å². The summed E-state index contributed by atoms with van der Waals surface area (Å²) in [4.78, 5) is 3.81. The molecular formula is C13H23N3O2S2. The van der Waals surface area contributed by atoms with Crippen molar-refractivity contribution in [1.29, 1.82) is 0 Å². The number of sulfonamides is 1. The molecule has 0 radical (unpaired) electrons. The van der Waals surface area contributed by atoms with Crippen molar-refractivity contribution in [1.82, 2.24) is 14.9 Å². The molecule has 2 heterocycles. The van der Waals surface area contributed by atoms with E-state index in [0.717, 1.165) is 30.9 Å². The minimum Gasteiger partial charge on any atom is -0.315 e. The van der Waals surface area contributed by atoms with E-state index < -0.39 is 10.0 Å². The van der Waals surface area contributed by atoms with E-state index in [-0.39, 0.29) is 0 Å². The van der Waals surface area contributed by atoms with E-state index in [1.165, 1.54) is 24.2 Å². The van der Waals surface area contributed by atoms with E-state index in [4.69, 9.17) is 0 Å². The summed E-state index contributed by atoms with van der Waals surface area (Å²) in [5.41, 5.74) is 0. The molecule has 0 aliphatic carbocycles. The first-order chi connectivity index (χ1) is 9.62. The standard InChI is InChI=1S/C13H23N3O2S2/c1-14-10-12-9-13(11-19-12)20(17,18)15-5-4-8-16-6-2-3-7-16/h9,11,14-15H,2-8,10H2,1H3. The number of likely N-dealkylation sites (tertiary alicyclic amines) is 1. The van der Waals surface area contributed by atoms with Crippen molar-refractivity contribution >= 4 is 21.4 Å². The molecule has 5 nitrogen and oxygen atoms in total. The monoisotopic (exact) mass is 317 g/mol. The van der Waals surface area contributed by atoms with Gasteiger partial charge in [0.15, 0.2) is 0 Å². The van der Waals surface area contributed by atoms with Crippen LogP contribution in [-0.4, -0.2) is 46.5 Å². The Hall–Kier alpha value is -0.470. The highest BCUT2D eigenvalue weighted by molar-refractivity contribution is 7.89. The quantitative estimate of drug-likeness (QED) is 0.708. The maximum absolute atomic E-state index is 12.1. The Morgan fingerprint density at radius 1 is 1.35 bits per heavy atom. The topological polar surface area (TPSA) is 61.4 Å². The van der Waals surface area contributed by atoms with Gasteiger partial charge in [-0.05, 0) is 52.0 Å². The van der Waals surface area contributed by atoms with E-state index >= 15 is 0 Å². The zero-order valence-electron chi connectivity index (χ0n) is 11.9. The highest BCUT2D eigenvalue weighted by Gasteiger charge is 2.16. The van der Waals surface area contributed by atoms with Crippen molar-refractivity contribution in [3.8, 4) is 0 Å². The lowest BCUT2D eigenvalue weighted by Gasteiger charge is -2.14. The molecule has 2 rings (SSSR count). The van der Waals surface area contributed by atoms with Crippen molar-refractivity contribution in [2.75, 3.05) is 33.2 Å². The Bertz CT molecular complexity index is 507. The molecule has 0 saturated carbocycles. The molecule has 2 N–H and O–H groups in total. The van der Waals surface area contributed by atoms with Gasteiger partial charge in [-0.25, -0.2) is 13.1 Å². The van der Waals surface area contributed by atoms with Gasteiger partial charge in [0.2, 0.25) is 10.0 Å². The van der Waals surface area contributed by atoms with Crippen LogP contribution in [0.15, 0.2) is 16.3 Å². The van der Waals surface area contributed by atoms with Crippen LogP contribution in [0.25, 0.3) is 0 Å². The van der Waals surface area contributed by atoms with Crippen LogP contribution in [0.5, 0.6) is 0 Å². The highest BCUT2D eigenvalue weighted by atomic mass is 32.2. The van der Waals surface area contributed by atoms with Gasteiger partial charge in [-0.15, -0.1) is 11.3 Å². The second-order valence-corrected chi connectivity index (χ2v) is 7.84. The normalized spacial score (nSPS) is 16.9. The van der Waals surface area contributed by atoms with Crippen molar-refractivity contribution in [3.05, 3.63) is 16.3 Å². The van der Waals surface area contributed by atoms with Crippen LogP contribution in [0.3, 0.4) is 0 Å². The third-order valence-electron chi connectivity index (χ3n) is 3.43. The summed E-state index contributed by atoms with van der Waals surface area (Å²) in [5.74, 6) is 0. The average molecular weight is 317 g/mol. The summed E-state index contributed by atoms with van der Waals surface area (Å²) < 4.78 is 26.9. The molecule has 1 aliphatic heterocycles. The molecule has 1 saturated heterocycles. The van der Waals surface area contributed by atoms with Crippen molar-refractivity contribution in [3.63, 3.8) is 0 Å². The van der Waals surface area contributed by atoms with Gasteiger partial charge in [-0.1, -0.05) is 0 Å². The van der Waals surface area contributed by atoms with Crippen LogP contribution in [0.2, 0.25) is 0 Å². The van der Waals surface area contributed by atoms with Gasteiger partial charge < -0.3 is 10.2 Å². The van der Waals surface area contributed by atoms with E-state index in [2.05, 4.69) is 14.9 Å². The van der Waals surface area contributed by atoms with E-state index in [1.54, 1.807) is 11.4 Å². The second kappa shape index (κ2) is 7.51. The van der Waals surface area contributed by atoms with Crippen molar-refractivity contribution in [2.24, 2.45) is 0 Å². The zero-order chi connectivity index (χ0) is 14.4. The maximum Gasteiger partial charge on any atom is 0.241 e. The molecule has 1 fully saturated rings. The summed E-state index contributed by atoms with van der Waals surface area (Å²) in [6.45, 7) is 4.51. The molecule has 0 atom stereocenters. The average Bonchev–Trinajstić information content (AvgIpc) is 3.06. The van der Waals surface area contributed by atoms with Gasteiger partial charge in [0.25, 0.3) is 0 Å². The smallest absolute Gasteiger partial charge is 0.241 e. The van der Waals surface area contributed by atoms with Crippen LogP contribution in [-0.2, 0) is 16.6 Å². The first kappa shape index (κ1) is 15.9. The lowest BCUT2D eigenvalue weighted by molar-refractivity contribution is 0.334. The number of hydrogen-bond acceptors (Lipinski definition) is 5. The second-order valence-electron chi connectivity index (χ2n) is 5.08. The van der Waals surface area contributed by atoms with Gasteiger partial charge in [-0.2, -0.15) is 0 Å². The van der Waals surface area contributed by atoms with E-state index in [9.17, 15) is 8.42 Å². The Labute approximate surface area is 125 Å². The Kier molecular flexibility index (Phi) is 5.98. The SMILES string of the molecule is CNCc1cc(S(=O)(=O)NCCCN2CCCC2)cs1. The summed E-state index contributed by atoms with van der Waals surface area (Å²) in [7, 11) is -1.49. The highest BCUT2D eigenvalue weighted by Crippen LogP contribution is 2.19. The van der Waals surface area contributed by atoms with E-state index in [1.807, 2.05) is 7.05 Å². The Morgan fingerprint density at radius 2 is 2.10 bits per heavy atom. The van der Waals surface area contributed by atoms with Crippen molar-refractivity contribution in [2.45, 2.75) is 30.7 Å². The third kappa shape index (κ3) is 4.53. The summed E-state index contributed by atoms with van der Waals surface area (Å²) in [6, 6.07) is 1.74. The number of nitrogens with zero attached hydrogens (tertiary/aromatic N) is 1. The lowest BCUT2D eigenvalue weighted by atomic mass is 10.4. The number of rotatable bonds is 8. The molecule has 114 valence electrons. The number of nitrogens with one attached hydrogen (secondary N) is 2. The predicted molar refractivity (Wildman–Crippen MR) is 82.6 cm³/mol. The lowest BCUT2D eigenvalue weighted by Crippen LogP contribution is -2.28. The van der Waals surface area contributed by atoms with Gasteiger partial charge in [0, 0.05) is 23.3 Å². The molecular weight excluding hydrogens is 294 g/mol. The maximum atomic E-state index is 12.1. The minimum atomic E-state index is -3.34. The minimum absolute atomic E-state index is 0.383. The predicted octanol–water partition coefficient (Wildman–Crippen LogP) is 1.23. The van der Waals surface area contributed by atoms with E-state index in [0.29, 0.717) is 18.0 Å². The molecule has 0 spiro atoms. The molecule has 0 amide bonds. The fourth-order valence-electron chi connectivity index (χ4n) is 2.37. The summed E-state index contributed by atoms with van der Waals surface area (Å²) in [6.07, 6.45) is 3.41. The molecule has 1 aromatic rings. The summed E-state index contributed by atoms with van der Waals surface area (Å²) in [5, 5.41) is 4.73. The van der Waals surface area contributed by atoms with Crippen molar-refractivity contribution < 1.29 is 8.42 Å². The molecule has 1 aromatic heterocycles. The largest absolute Gasteiger partial charge is 0.315 e. The summed E-state index contributed by atoms with van der Waals surface area (Å²) >= 11 is 1.47. The third-order valence-corrected chi connectivity index (χ3v) is 5.96. The Morgan fingerprint density at radius 3 is 2.80 bits per heavy atom. The van der Waals surface area contributed by atoms with Crippen LogP contribution in [0, 0.1) is 0 Å². The first-order valence-electron chi connectivity index (χ1n) is 7.06. The van der Waals surface area contributed by atoms with Gasteiger partial charge >= 0.3 is 0 Å².